The summed E-state index contributed by atoms with van der Waals surface area (Å²) in [7, 11) is 0. The zero-order chi connectivity index (χ0) is 13.7. The molecule has 0 bridgehead atoms. The maximum atomic E-state index is 12.2. The first-order valence-corrected chi connectivity index (χ1v) is 5.84. The van der Waals surface area contributed by atoms with Crippen LogP contribution in [0.2, 0.25) is 0 Å². The number of amides is 1. The number of anilines is 1. The van der Waals surface area contributed by atoms with Gasteiger partial charge in [-0.05, 0) is 37.6 Å². The highest BCUT2D eigenvalue weighted by molar-refractivity contribution is 5.96. The fourth-order valence-electron chi connectivity index (χ4n) is 1.59. The summed E-state index contributed by atoms with van der Waals surface area (Å²) >= 11 is 0. The van der Waals surface area contributed by atoms with Crippen molar-refractivity contribution in [1.29, 1.82) is 0 Å². The molecule has 0 spiro atoms. The fraction of sp³-hybridized carbons (Fsp3) is 0.385. The highest BCUT2D eigenvalue weighted by atomic mass is 16.4. The number of carboxylic acid groups (broad SMARTS) is 1. The van der Waals surface area contributed by atoms with Gasteiger partial charge in [0.05, 0.1) is 0 Å². The Morgan fingerprint density at radius 3 is 2.33 bits per heavy atom. The predicted molar refractivity (Wildman–Crippen MR) is 69.3 cm³/mol. The summed E-state index contributed by atoms with van der Waals surface area (Å²) in [5.74, 6) is -1.30. The molecule has 0 heterocycles. The molecular formula is C13H18N2O3. The van der Waals surface area contributed by atoms with Gasteiger partial charge in [-0.3, -0.25) is 9.59 Å². The molecule has 0 fully saturated rings. The smallest absolute Gasteiger partial charge is 0.323 e. The van der Waals surface area contributed by atoms with Crippen LogP contribution in [0.5, 0.6) is 0 Å². The topological polar surface area (TPSA) is 83.6 Å². The molecule has 0 saturated heterocycles. The van der Waals surface area contributed by atoms with E-state index < -0.39 is 5.97 Å². The zero-order valence-electron chi connectivity index (χ0n) is 10.6. The SMILES string of the molecule is CCC(C)N(CC(=O)O)C(=O)c1ccc(N)cc1. The summed E-state index contributed by atoms with van der Waals surface area (Å²) in [6, 6.07) is 6.35. The van der Waals surface area contributed by atoms with Crippen molar-refractivity contribution < 1.29 is 14.7 Å². The third-order valence-corrected chi connectivity index (χ3v) is 2.85. The molecule has 0 radical (unpaired) electrons. The monoisotopic (exact) mass is 250 g/mol. The Morgan fingerprint density at radius 2 is 1.89 bits per heavy atom. The molecule has 1 rings (SSSR count). The summed E-state index contributed by atoms with van der Waals surface area (Å²) in [6.45, 7) is 3.45. The van der Waals surface area contributed by atoms with Gasteiger partial charge in [0.15, 0.2) is 0 Å². The molecule has 18 heavy (non-hydrogen) atoms. The van der Waals surface area contributed by atoms with E-state index in [2.05, 4.69) is 0 Å². The minimum Gasteiger partial charge on any atom is -0.480 e. The minimum atomic E-state index is -1.01. The number of hydrogen-bond donors (Lipinski definition) is 2. The summed E-state index contributed by atoms with van der Waals surface area (Å²) in [5.41, 5.74) is 6.57. The fourth-order valence-corrected chi connectivity index (χ4v) is 1.59. The molecule has 1 aromatic carbocycles. The Labute approximate surface area is 106 Å². The minimum absolute atomic E-state index is 0.119. The molecule has 1 unspecified atom stereocenters. The van der Waals surface area contributed by atoms with E-state index in [4.69, 9.17) is 10.8 Å². The van der Waals surface area contributed by atoms with E-state index in [1.807, 2.05) is 13.8 Å². The van der Waals surface area contributed by atoms with Crippen LogP contribution >= 0.6 is 0 Å². The lowest BCUT2D eigenvalue weighted by atomic mass is 10.1. The molecule has 0 aliphatic heterocycles. The van der Waals surface area contributed by atoms with Gasteiger partial charge in [0.25, 0.3) is 5.91 Å². The van der Waals surface area contributed by atoms with Crippen molar-refractivity contribution >= 4 is 17.6 Å². The van der Waals surface area contributed by atoms with Crippen molar-refractivity contribution in [1.82, 2.24) is 4.90 Å². The molecule has 0 saturated carbocycles. The average Bonchev–Trinajstić information content (AvgIpc) is 2.35. The van der Waals surface area contributed by atoms with E-state index in [1.54, 1.807) is 24.3 Å². The van der Waals surface area contributed by atoms with Crippen molar-refractivity contribution in [2.24, 2.45) is 0 Å². The first-order valence-electron chi connectivity index (χ1n) is 5.84. The Hall–Kier alpha value is -2.04. The van der Waals surface area contributed by atoms with Gasteiger partial charge < -0.3 is 15.7 Å². The number of carbonyl (C=O) groups is 2. The Morgan fingerprint density at radius 1 is 1.33 bits per heavy atom. The standard InChI is InChI=1S/C13H18N2O3/c1-3-9(2)15(8-12(16)17)13(18)10-4-6-11(14)7-5-10/h4-7,9H,3,8,14H2,1-2H3,(H,16,17). The lowest BCUT2D eigenvalue weighted by molar-refractivity contribution is -0.138. The van der Waals surface area contributed by atoms with Crippen molar-refractivity contribution in [2.45, 2.75) is 26.3 Å². The van der Waals surface area contributed by atoms with Gasteiger partial charge in [-0.25, -0.2) is 0 Å². The number of benzene rings is 1. The van der Waals surface area contributed by atoms with Gasteiger partial charge in [-0.2, -0.15) is 0 Å². The van der Waals surface area contributed by atoms with Crippen molar-refractivity contribution in [3.63, 3.8) is 0 Å². The largest absolute Gasteiger partial charge is 0.480 e. The number of carbonyl (C=O) groups excluding carboxylic acids is 1. The number of nitrogens with two attached hydrogens (primary N) is 1. The van der Waals surface area contributed by atoms with Gasteiger partial charge in [-0.1, -0.05) is 6.92 Å². The molecule has 1 amide bonds. The molecule has 5 heteroatoms. The summed E-state index contributed by atoms with van der Waals surface area (Å²) in [6.07, 6.45) is 0.702. The average molecular weight is 250 g/mol. The van der Waals surface area contributed by atoms with Crippen LogP contribution in [0.15, 0.2) is 24.3 Å². The summed E-state index contributed by atoms with van der Waals surface area (Å²) < 4.78 is 0. The molecule has 1 atom stereocenters. The summed E-state index contributed by atoms with van der Waals surface area (Å²) in [5, 5.41) is 8.85. The van der Waals surface area contributed by atoms with Crippen LogP contribution in [-0.2, 0) is 4.79 Å². The third-order valence-electron chi connectivity index (χ3n) is 2.85. The zero-order valence-corrected chi connectivity index (χ0v) is 10.6. The van der Waals surface area contributed by atoms with Gasteiger partial charge in [0.2, 0.25) is 0 Å². The normalized spacial score (nSPS) is 11.9. The molecule has 5 nitrogen and oxygen atoms in total. The lowest BCUT2D eigenvalue weighted by Gasteiger charge is -2.27. The second kappa shape index (κ2) is 6.05. The maximum Gasteiger partial charge on any atom is 0.323 e. The highest BCUT2D eigenvalue weighted by Crippen LogP contribution is 2.12. The number of nitrogen functional groups attached to an aromatic ring is 1. The van der Waals surface area contributed by atoms with Crippen LogP contribution in [-0.4, -0.2) is 34.5 Å². The Kier molecular flexibility index (Phi) is 4.71. The molecule has 0 aromatic heterocycles. The number of nitrogens with zero attached hydrogens (tertiary/aromatic N) is 1. The lowest BCUT2D eigenvalue weighted by Crippen LogP contribution is -2.41. The second-order valence-corrected chi connectivity index (χ2v) is 4.21. The third kappa shape index (κ3) is 3.48. The van der Waals surface area contributed by atoms with Crippen molar-refractivity contribution in [3.8, 4) is 0 Å². The van der Waals surface area contributed by atoms with Gasteiger partial charge in [0, 0.05) is 17.3 Å². The molecule has 0 aliphatic rings. The number of carboxylic acids is 1. The molecular weight excluding hydrogens is 232 g/mol. The molecule has 1 aromatic rings. The first-order chi connectivity index (χ1) is 8.45. The van der Waals surface area contributed by atoms with E-state index in [1.165, 1.54) is 4.90 Å². The van der Waals surface area contributed by atoms with Crippen LogP contribution in [0, 0.1) is 0 Å². The van der Waals surface area contributed by atoms with Crippen LogP contribution in [0.4, 0.5) is 5.69 Å². The van der Waals surface area contributed by atoms with Crippen molar-refractivity contribution in [2.75, 3.05) is 12.3 Å². The van der Waals surface area contributed by atoms with Gasteiger partial charge >= 0.3 is 5.97 Å². The number of aliphatic carboxylic acids is 1. The van der Waals surface area contributed by atoms with Crippen LogP contribution in [0.25, 0.3) is 0 Å². The highest BCUT2D eigenvalue weighted by Gasteiger charge is 2.22. The van der Waals surface area contributed by atoms with Crippen molar-refractivity contribution in [3.05, 3.63) is 29.8 Å². The number of rotatable bonds is 5. The van der Waals surface area contributed by atoms with Crippen LogP contribution < -0.4 is 5.73 Å². The van der Waals surface area contributed by atoms with E-state index >= 15 is 0 Å². The Balaban J connectivity index is 2.94. The van der Waals surface area contributed by atoms with Crippen LogP contribution in [0.1, 0.15) is 30.6 Å². The second-order valence-electron chi connectivity index (χ2n) is 4.21. The Bertz CT molecular complexity index is 428. The number of hydrogen-bond acceptors (Lipinski definition) is 3. The summed E-state index contributed by atoms with van der Waals surface area (Å²) in [4.78, 5) is 24.4. The van der Waals surface area contributed by atoms with E-state index in [9.17, 15) is 9.59 Å². The first kappa shape index (κ1) is 14.0. The van der Waals surface area contributed by atoms with Gasteiger partial charge in [0.1, 0.15) is 6.54 Å². The van der Waals surface area contributed by atoms with E-state index in [-0.39, 0.29) is 18.5 Å². The van der Waals surface area contributed by atoms with Crippen LogP contribution in [0.3, 0.4) is 0 Å². The van der Waals surface area contributed by atoms with E-state index in [0.29, 0.717) is 17.7 Å². The molecule has 3 N–H and O–H groups in total. The quantitative estimate of drug-likeness (QED) is 0.777. The van der Waals surface area contributed by atoms with Gasteiger partial charge in [-0.15, -0.1) is 0 Å². The molecule has 98 valence electrons. The van der Waals surface area contributed by atoms with E-state index in [0.717, 1.165) is 0 Å². The maximum absolute atomic E-state index is 12.2. The molecule has 0 aliphatic carbocycles. The predicted octanol–water partition coefficient (Wildman–Crippen LogP) is 1.59.